The molecule has 1 aliphatic rings. The first-order valence-electron chi connectivity index (χ1n) is 3.48. The number of halogens is 3. The summed E-state index contributed by atoms with van der Waals surface area (Å²) in [6.45, 7) is 0. The van der Waals surface area contributed by atoms with Crippen LogP contribution >= 0.6 is 23.2 Å². The molecule has 0 amide bonds. The topological polar surface area (TPSA) is 64.8 Å². The van der Waals surface area contributed by atoms with Gasteiger partial charge < -0.3 is 13.6 Å². The molecule has 90 valence electrons. The molecule has 1 aliphatic heterocycles. The molecule has 0 spiro atoms. The highest BCUT2D eigenvalue weighted by Crippen LogP contribution is 2.80. The van der Waals surface area contributed by atoms with Crippen LogP contribution in [-0.4, -0.2) is 21.3 Å². The average Bonchev–Trinajstić information content (AvgIpc) is 2.16. The lowest BCUT2D eigenvalue weighted by atomic mass is 11.8. The Morgan fingerprint density at radius 3 is 1.00 bits per heavy atom. The fourth-order valence-electron chi connectivity index (χ4n) is 0.681. The fraction of sp³-hybridized carbons (Fsp3) is 1.00. The van der Waals surface area contributed by atoms with E-state index < -0.39 is 23.2 Å². The maximum Gasteiger partial charge on any atom is 0.387 e. The minimum atomic E-state index is -4.37. The van der Waals surface area contributed by atoms with Crippen molar-refractivity contribution < 1.29 is 26.2 Å². The quantitative estimate of drug-likeness (QED) is 0.706. The van der Waals surface area contributed by atoms with Gasteiger partial charge in [-0.3, -0.25) is 0 Å². The maximum absolute atomic E-state index is 13.6. The second-order valence-corrected chi connectivity index (χ2v) is 8.31. The van der Waals surface area contributed by atoms with Gasteiger partial charge in [-0.25, -0.2) is 0 Å². The summed E-state index contributed by atoms with van der Waals surface area (Å²) in [5.74, 6) is 0. The molecule has 0 saturated carbocycles. The summed E-state index contributed by atoms with van der Waals surface area (Å²) < 4.78 is 62.3. The van der Waals surface area contributed by atoms with Gasteiger partial charge >= 0.3 is 23.2 Å². The standard InChI is InChI=1S/C3H9F3N3O3P3/c1-10-13(4)7-14(5,11-2)9-15(6,8-13)12-3/h1-3H3. The average molecular weight is 285 g/mol. The molecule has 0 aromatic heterocycles. The van der Waals surface area contributed by atoms with Crippen LogP contribution in [0.5, 0.6) is 0 Å². The number of hydrogen-bond acceptors (Lipinski definition) is 6. The van der Waals surface area contributed by atoms with Crippen molar-refractivity contribution in [3.05, 3.63) is 0 Å². The molecule has 1 rings (SSSR count). The van der Waals surface area contributed by atoms with Crippen molar-refractivity contribution in [3.8, 4) is 0 Å². The van der Waals surface area contributed by atoms with Gasteiger partial charge in [-0.05, 0) is 0 Å². The first kappa shape index (κ1) is 13.4. The van der Waals surface area contributed by atoms with E-state index in [1.807, 2.05) is 0 Å². The second kappa shape index (κ2) is 4.32. The zero-order valence-corrected chi connectivity index (χ0v) is 10.7. The summed E-state index contributed by atoms with van der Waals surface area (Å²) in [5.41, 5.74) is 0. The lowest BCUT2D eigenvalue weighted by molar-refractivity contribution is 0.393. The van der Waals surface area contributed by atoms with Crippen LogP contribution in [0.25, 0.3) is 0 Å². The van der Waals surface area contributed by atoms with Crippen molar-refractivity contribution in [1.82, 2.24) is 0 Å². The van der Waals surface area contributed by atoms with Crippen molar-refractivity contribution in [1.29, 1.82) is 0 Å². The molecule has 0 atom stereocenters. The Morgan fingerprint density at radius 2 is 0.867 bits per heavy atom. The lowest BCUT2D eigenvalue weighted by Gasteiger charge is -2.20. The van der Waals surface area contributed by atoms with Gasteiger partial charge in [0.25, 0.3) is 0 Å². The van der Waals surface area contributed by atoms with Gasteiger partial charge in [-0.2, -0.15) is 12.6 Å². The molecule has 12 heteroatoms. The van der Waals surface area contributed by atoms with E-state index in [9.17, 15) is 12.6 Å². The molecule has 0 aromatic carbocycles. The Kier molecular flexibility index (Phi) is 3.87. The van der Waals surface area contributed by atoms with Gasteiger partial charge in [0.05, 0.1) is 0 Å². The van der Waals surface area contributed by atoms with Crippen molar-refractivity contribution in [2.45, 2.75) is 0 Å². The zero-order chi connectivity index (χ0) is 11.7. The monoisotopic (exact) mass is 285 g/mol. The number of nitrogens with zero attached hydrogens (tertiary/aromatic N) is 3. The third kappa shape index (κ3) is 2.93. The summed E-state index contributed by atoms with van der Waals surface area (Å²) in [4.78, 5) is 0. The van der Waals surface area contributed by atoms with Crippen LogP contribution in [0.3, 0.4) is 0 Å². The highest BCUT2D eigenvalue weighted by molar-refractivity contribution is 7.77. The Morgan fingerprint density at radius 1 is 0.667 bits per heavy atom. The fourth-order valence-corrected chi connectivity index (χ4v) is 7.09. The minimum Gasteiger partial charge on any atom is -0.306 e. The second-order valence-electron chi connectivity index (χ2n) is 2.23. The van der Waals surface area contributed by atoms with Crippen molar-refractivity contribution >= 4 is 23.2 Å². The van der Waals surface area contributed by atoms with E-state index in [1.165, 1.54) is 0 Å². The molecule has 15 heavy (non-hydrogen) atoms. The molecule has 0 aliphatic carbocycles. The van der Waals surface area contributed by atoms with E-state index in [4.69, 9.17) is 0 Å². The molecule has 0 N–H and O–H groups in total. The number of hydrogen-bond donors (Lipinski definition) is 0. The highest BCUT2D eigenvalue weighted by Gasteiger charge is 2.39. The van der Waals surface area contributed by atoms with E-state index in [0.717, 1.165) is 21.3 Å². The Labute approximate surface area is 85.1 Å². The van der Waals surface area contributed by atoms with Gasteiger partial charge in [-0.15, -0.1) is 13.5 Å². The smallest absolute Gasteiger partial charge is 0.306 e. The summed E-state index contributed by atoms with van der Waals surface area (Å²) in [7, 11) is -10.4. The van der Waals surface area contributed by atoms with Crippen LogP contribution in [0, 0.1) is 0 Å². The van der Waals surface area contributed by atoms with Crippen molar-refractivity contribution in [2.24, 2.45) is 13.5 Å². The first-order chi connectivity index (χ1) is 6.80. The SMILES string of the molecule is COP1(F)=NP(F)(OC)=NP(F)(OC)=N1. The van der Waals surface area contributed by atoms with E-state index >= 15 is 0 Å². The summed E-state index contributed by atoms with van der Waals surface area (Å²) in [6, 6.07) is 0. The predicted molar refractivity (Wildman–Crippen MR) is 52.4 cm³/mol. The van der Waals surface area contributed by atoms with Gasteiger partial charge in [0.1, 0.15) is 0 Å². The van der Waals surface area contributed by atoms with E-state index in [-0.39, 0.29) is 0 Å². The molecule has 1 heterocycles. The molecular formula is C3H9F3N3O3P3. The molecule has 0 aromatic rings. The van der Waals surface area contributed by atoms with Crippen molar-refractivity contribution in [3.63, 3.8) is 0 Å². The zero-order valence-electron chi connectivity index (χ0n) is 8.04. The Bertz CT molecular complexity index is 345. The van der Waals surface area contributed by atoms with E-state index in [2.05, 4.69) is 27.1 Å². The van der Waals surface area contributed by atoms with Crippen molar-refractivity contribution in [2.75, 3.05) is 21.3 Å². The summed E-state index contributed by atoms with van der Waals surface area (Å²) in [5, 5.41) is 0. The third-order valence-electron chi connectivity index (χ3n) is 1.36. The normalized spacial score (nSPS) is 45.2. The molecule has 0 unspecified atom stereocenters. The van der Waals surface area contributed by atoms with Gasteiger partial charge in [0.15, 0.2) is 0 Å². The predicted octanol–water partition coefficient (Wildman–Crippen LogP) is 4.69. The van der Waals surface area contributed by atoms with Gasteiger partial charge in [0, 0.05) is 21.3 Å². The van der Waals surface area contributed by atoms with Crippen LogP contribution in [0.4, 0.5) is 12.6 Å². The summed E-state index contributed by atoms with van der Waals surface area (Å²) in [6.07, 6.45) is 0. The van der Waals surface area contributed by atoms with Crippen LogP contribution in [0.2, 0.25) is 0 Å². The highest BCUT2D eigenvalue weighted by atomic mass is 31.3. The number of rotatable bonds is 3. The largest absolute Gasteiger partial charge is 0.387 e. The van der Waals surface area contributed by atoms with E-state index in [1.54, 1.807) is 0 Å². The van der Waals surface area contributed by atoms with Gasteiger partial charge in [0.2, 0.25) is 0 Å². The Balaban J connectivity index is 3.46. The Hall–Kier alpha value is 0.360. The van der Waals surface area contributed by atoms with Crippen LogP contribution in [0.15, 0.2) is 13.5 Å². The minimum absolute atomic E-state index is 0.909. The summed E-state index contributed by atoms with van der Waals surface area (Å²) >= 11 is 0. The lowest BCUT2D eigenvalue weighted by Crippen LogP contribution is -1.85. The van der Waals surface area contributed by atoms with Crippen LogP contribution < -0.4 is 0 Å². The van der Waals surface area contributed by atoms with Gasteiger partial charge in [-0.1, -0.05) is 0 Å². The van der Waals surface area contributed by atoms with Crippen LogP contribution in [0.1, 0.15) is 0 Å². The first-order valence-corrected chi connectivity index (χ1v) is 7.99. The molecule has 0 fully saturated rings. The van der Waals surface area contributed by atoms with Crippen LogP contribution in [-0.2, 0) is 13.6 Å². The van der Waals surface area contributed by atoms with E-state index in [0.29, 0.717) is 0 Å². The third-order valence-corrected chi connectivity index (χ3v) is 8.05. The molecular weight excluding hydrogens is 276 g/mol. The molecule has 0 radical (unpaired) electrons. The molecule has 6 nitrogen and oxygen atoms in total. The molecule has 0 saturated heterocycles. The molecule has 0 bridgehead atoms. The maximum atomic E-state index is 13.6.